The molecule has 31 heteroatoms. The number of benzene rings is 2. The van der Waals surface area contributed by atoms with Gasteiger partial charge in [-0.25, -0.2) is 36.9 Å². The Balaban J connectivity index is 0.000000252. The van der Waals surface area contributed by atoms with Crippen molar-refractivity contribution >= 4 is 46.2 Å². The summed E-state index contributed by atoms with van der Waals surface area (Å²) in [5.41, 5.74) is 1.05. The monoisotopic (exact) mass is 1260 g/mol. The average Bonchev–Trinajstić information content (AvgIpc) is 2.06. The molecule has 2 aromatic carbocycles. The van der Waals surface area contributed by atoms with Gasteiger partial charge in [-0.1, -0.05) is 36.4 Å². The number of nitrogens with one attached hydrogen (secondary N) is 3. The minimum atomic E-state index is -4.73. The van der Waals surface area contributed by atoms with E-state index in [9.17, 15) is 72.7 Å². The van der Waals surface area contributed by atoms with Crippen LogP contribution in [0.25, 0.3) is 22.3 Å². The minimum Gasteiger partial charge on any atom is -0.397 e. The molecular formula is C56H65F10KN12O8. The number of fused-ring (bicyclic) bond motifs is 2. The molecule has 0 spiro atoms. The summed E-state index contributed by atoms with van der Waals surface area (Å²) in [6.45, 7) is 0.737. The van der Waals surface area contributed by atoms with Crippen molar-refractivity contribution in [2.75, 3.05) is 65.6 Å². The Kier molecular flexibility index (Phi) is 25.0. The van der Waals surface area contributed by atoms with Crippen LogP contribution in [0.4, 0.5) is 53.5 Å². The van der Waals surface area contributed by atoms with Crippen molar-refractivity contribution < 1.29 is 125 Å². The number of nitrogens with zero attached hydrogens (tertiary/aromatic N) is 9. The van der Waals surface area contributed by atoms with Crippen LogP contribution in [0.1, 0.15) is 100 Å². The number of aliphatic hydroxyl groups excluding tert-OH is 2. The number of aromatic nitrogens is 6. The Morgan fingerprint density at radius 1 is 0.598 bits per heavy atom. The van der Waals surface area contributed by atoms with E-state index in [0.717, 1.165) is 12.1 Å². The van der Waals surface area contributed by atoms with Gasteiger partial charge in [0.15, 0.2) is 28.9 Å². The van der Waals surface area contributed by atoms with Crippen LogP contribution in [0.3, 0.4) is 0 Å². The van der Waals surface area contributed by atoms with Crippen LogP contribution < -0.4 is 78.4 Å². The van der Waals surface area contributed by atoms with E-state index in [1.165, 1.54) is 40.3 Å². The van der Waals surface area contributed by atoms with Crippen LogP contribution in [0.15, 0.2) is 82.6 Å². The summed E-state index contributed by atoms with van der Waals surface area (Å²) < 4.78 is 140. The van der Waals surface area contributed by atoms with Crippen LogP contribution in [0, 0.1) is 23.3 Å². The second-order valence-electron chi connectivity index (χ2n) is 20.9. The number of likely N-dealkylation sites (tertiary alicyclic amines) is 4. The number of halogens is 10. The number of H-pyrrole nitrogens is 1. The zero-order chi connectivity index (χ0) is 62.6. The minimum absolute atomic E-state index is 0. The van der Waals surface area contributed by atoms with Gasteiger partial charge in [0.1, 0.15) is 25.2 Å². The SMILES string of the molecule is CCO.CCO.O=C(N[C@@H]1CC[C@@H](c2cccc(F)c2F)CN(CC(F)(F)F)C1=O)N1CCC(n2c(=O)[n-]c3ncccc32)CC1.O=C(N[C@@H]1CC[C@@H](c2cccc(F)c2F)CN(CC(F)(F)F)C1=O)N1CCC(n2c(=O)[nH]c3ncccc32)CC1.[K+]. The third-order valence-corrected chi connectivity index (χ3v) is 15.0. The summed E-state index contributed by atoms with van der Waals surface area (Å²) in [7, 11) is 0. The Morgan fingerprint density at radius 3 is 1.45 bits per heavy atom. The van der Waals surface area contributed by atoms with E-state index in [-0.39, 0.29) is 145 Å². The first-order valence-electron chi connectivity index (χ1n) is 27.8. The number of imidazole rings is 2. The smallest absolute Gasteiger partial charge is 0.397 e. The molecule has 5 N–H and O–H groups in total. The van der Waals surface area contributed by atoms with Gasteiger partial charge in [0.25, 0.3) is 0 Å². The topological polar surface area (TPSA) is 245 Å². The Hall–Kier alpha value is -6.38. The number of carbonyl (C=O) groups is 4. The van der Waals surface area contributed by atoms with E-state index >= 15 is 0 Å². The van der Waals surface area contributed by atoms with Gasteiger partial charge in [-0.3, -0.25) is 23.9 Å². The third kappa shape index (κ3) is 17.9. The van der Waals surface area contributed by atoms with Crippen LogP contribution in [0.5, 0.6) is 0 Å². The van der Waals surface area contributed by atoms with Crippen molar-refractivity contribution in [3.63, 3.8) is 0 Å². The summed E-state index contributed by atoms with van der Waals surface area (Å²) in [6, 6.07) is 9.63. The number of hydrogen-bond acceptors (Lipinski definition) is 10. The fourth-order valence-electron chi connectivity index (χ4n) is 11.2. The van der Waals surface area contributed by atoms with Gasteiger partial charge in [0.2, 0.25) is 17.5 Å². The maximum Gasteiger partial charge on any atom is 1.00 e. The van der Waals surface area contributed by atoms with Gasteiger partial charge in [-0.05, 0) is 113 Å². The van der Waals surface area contributed by atoms with Crippen molar-refractivity contribution in [1.29, 1.82) is 0 Å². The molecule has 6 amide bonds. The fourth-order valence-corrected chi connectivity index (χ4v) is 11.2. The largest absolute Gasteiger partial charge is 1.00 e. The second-order valence-corrected chi connectivity index (χ2v) is 20.9. The predicted molar refractivity (Wildman–Crippen MR) is 291 cm³/mol. The van der Waals surface area contributed by atoms with Crippen molar-refractivity contribution in [3.05, 3.63) is 128 Å². The van der Waals surface area contributed by atoms with E-state index in [0.29, 0.717) is 57.8 Å². The van der Waals surface area contributed by atoms with Gasteiger partial charge >= 0.3 is 81.5 Å². The number of alkyl halides is 6. The van der Waals surface area contributed by atoms with E-state index in [2.05, 4.69) is 30.6 Å². The van der Waals surface area contributed by atoms with Crippen molar-refractivity contribution in [3.8, 4) is 0 Å². The number of piperidine rings is 2. The zero-order valence-corrected chi connectivity index (χ0v) is 50.9. The summed E-state index contributed by atoms with van der Waals surface area (Å²) in [5, 5.41) is 20.2. The molecule has 0 saturated carbocycles. The first kappa shape index (κ1) is 69.7. The summed E-state index contributed by atoms with van der Waals surface area (Å²) in [6.07, 6.45) is -4.61. The fraction of sp³-hybridized carbons (Fsp3) is 0.500. The molecule has 8 heterocycles. The zero-order valence-electron chi connectivity index (χ0n) is 47.8. The van der Waals surface area contributed by atoms with Gasteiger partial charge < -0.3 is 55.0 Å². The molecule has 6 aromatic rings. The standard InChI is InChI=1S/2C26H27F5N6O3.2C2H6O.K/c2*27-18-4-1-3-17(21(18)28)15-6-7-19(23(38)36(13-15)14-26(29,30)31)33-24(39)35-11-8-16(9-12-35)37-20-5-2-10-32-22(20)34-25(37)40;2*1-2-3;/h1-5,10,15-16,19H,6-9,11-14H2,(H,33,39)(H,32,34,40);1-5,10,15-16,19H,6-9,11-14H2,(H2,32,33,34,39,40);2*3H,2H2,1H3;/q;;;;+1/p-1/t2*15-,19-;;;/m11.../s1. The Bertz CT molecular complexity index is 3200. The molecule has 468 valence electrons. The average molecular weight is 1260 g/mol. The van der Waals surface area contributed by atoms with Crippen LogP contribution in [0.2, 0.25) is 0 Å². The quantitative estimate of drug-likeness (QED) is 0.108. The van der Waals surface area contributed by atoms with Crippen molar-refractivity contribution in [2.45, 2.75) is 114 Å². The van der Waals surface area contributed by atoms with Crippen LogP contribution >= 0.6 is 0 Å². The van der Waals surface area contributed by atoms with E-state index in [4.69, 9.17) is 10.2 Å². The molecule has 4 aliphatic rings. The number of aliphatic hydroxyl groups is 2. The number of rotatable bonds is 8. The van der Waals surface area contributed by atoms with E-state index in [1.54, 1.807) is 53.4 Å². The molecule has 87 heavy (non-hydrogen) atoms. The molecule has 4 aliphatic heterocycles. The van der Waals surface area contributed by atoms with Gasteiger partial charge in [-0.2, -0.15) is 26.3 Å². The molecular weight excluding hydrogens is 1200 g/mol. The summed E-state index contributed by atoms with van der Waals surface area (Å²) in [5.74, 6) is -8.24. The second kappa shape index (κ2) is 31.2. The number of urea groups is 2. The number of aromatic amines is 1. The van der Waals surface area contributed by atoms with Gasteiger partial charge in [0, 0.05) is 87.7 Å². The molecule has 0 aliphatic carbocycles. The molecule has 4 fully saturated rings. The molecule has 0 radical (unpaired) electrons. The first-order valence-corrected chi connectivity index (χ1v) is 27.8. The molecule has 20 nitrogen and oxygen atoms in total. The molecule has 4 aromatic heterocycles. The number of amides is 6. The molecule has 10 rings (SSSR count). The van der Waals surface area contributed by atoms with Gasteiger partial charge in [-0.15, -0.1) is 0 Å². The molecule has 0 bridgehead atoms. The summed E-state index contributed by atoms with van der Waals surface area (Å²) >= 11 is 0. The number of carbonyl (C=O) groups excluding carboxylic acids is 4. The Morgan fingerprint density at radius 2 is 1.01 bits per heavy atom. The number of pyridine rings is 2. The van der Waals surface area contributed by atoms with Crippen LogP contribution in [-0.2, 0) is 9.59 Å². The Labute approximate surface area is 534 Å². The maximum absolute atomic E-state index is 14.5. The maximum atomic E-state index is 14.5. The summed E-state index contributed by atoms with van der Waals surface area (Å²) in [4.78, 5) is 96.2. The molecule has 4 saturated heterocycles. The van der Waals surface area contributed by atoms with Crippen molar-refractivity contribution in [2.24, 2.45) is 0 Å². The first-order chi connectivity index (χ1) is 40.9. The molecule has 0 unspecified atom stereocenters. The normalized spacial score (nSPS) is 19.8. The van der Waals surface area contributed by atoms with Gasteiger partial charge in [0.05, 0.1) is 5.52 Å². The van der Waals surface area contributed by atoms with E-state index < -0.39 is 115 Å². The molecule has 4 atom stereocenters. The van der Waals surface area contributed by atoms with Crippen LogP contribution in [-0.4, -0.2) is 168 Å². The number of hydrogen-bond donors (Lipinski definition) is 5. The van der Waals surface area contributed by atoms with E-state index in [1.807, 2.05) is 0 Å². The van der Waals surface area contributed by atoms with Crippen molar-refractivity contribution in [1.82, 2.24) is 59.3 Å². The third-order valence-electron chi connectivity index (χ3n) is 15.0. The predicted octanol–water partition coefficient (Wildman–Crippen LogP) is 4.00.